The van der Waals surface area contributed by atoms with Gasteiger partial charge in [0.2, 0.25) is 5.95 Å². The molecule has 4 rings (SSSR count). The number of nitrogens with zero attached hydrogens (tertiary/aromatic N) is 4. The van der Waals surface area contributed by atoms with Crippen LogP contribution in [-0.4, -0.2) is 19.9 Å². The maximum atomic E-state index is 5.61. The number of nitrogens with one attached hydrogen (secondary N) is 1. The molecule has 6 nitrogen and oxygen atoms in total. The van der Waals surface area contributed by atoms with E-state index >= 15 is 0 Å². The molecule has 0 fully saturated rings. The molecule has 3 aromatic heterocycles. The molecule has 0 amide bonds. The van der Waals surface area contributed by atoms with Crippen LogP contribution in [0.1, 0.15) is 31.3 Å². The zero-order valence-corrected chi connectivity index (χ0v) is 20.1. The van der Waals surface area contributed by atoms with Gasteiger partial charge in [0.15, 0.2) is 0 Å². The topological polar surface area (TPSA) is 89.6 Å². The molecule has 3 N–H and O–H groups in total. The maximum absolute atomic E-state index is 5.61. The minimum Gasteiger partial charge on any atom is -0.368 e. The number of nitrogen functional groups attached to an aromatic ring is 1. The van der Waals surface area contributed by atoms with Crippen LogP contribution in [0.15, 0.2) is 72.6 Å². The van der Waals surface area contributed by atoms with Crippen LogP contribution in [-0.2, 0) is 5.41 Å². The lowest BCUT2D eigenvalue weighted by atomic mass is 9.71. The average Bonchev–Trinajstić information content (AvgIpc) is 3.25. The molecule has 1 atom stereocenters. The standard InChI is InChI=1S/C26H28N6S/c1-16(2)26(5,22-9-6-19(7-10-22)21-13-29-25(27)30-14-21)17(3)31-24-11-8-20(12-28-24)23-15-33-18(4)32-23/h6-16H,3H2,1-2,4-5H3,(H,28,31)(H2,27,29,30). The summed E-state index contributed by atoms with van der Waals surface area (Å²) >= 11 is 1.64. The van der Waals surface area contributed by atoms with Crippen molar-refractivity contribution in [3.8, 4) is 22.4 Å². The summed E-state index contributed by atoms with van der Waals surface area (Å²) in [7, 11) is 0. The Kier molecular flexibility index (Phi) is 6.24. The number of hydrogen-bond acceptors (Lipinski definition) is 7. The van der Waals surface area contributed by atoms with Gasteiger partial charge in [0.05, 0.1) is 10.7 Å². The first-order valence-corrected chi connectivity index (χ1v) is 11.7. The summed E-state index contributed by atoms with van der Waals surface area (Å²) in [6.07, 6.45) is 5.32. The number of aromatic nitrogens is 4. The number of pyridine rings is 1. The number of nitrogens with two attached hydrogens (primary N) is 1. The number of rotatable bonds is 7. The summed E-state index contributed by atoms with van der Waals surface area (Å²) in [5.41, 5.74) is 11.3. The summed E-state index contributed by atoms with van der Waals surface area (Å²) in [4.78, 5) is 17.3. The normalized spacial score (nSPS) is 13.0. The average molecular weight is 457 g/mol. The van der Waals surface area contributed by atoms with E-state index in [0.717, 1.165) is 38.9 Å². The summed E-state index contributed by atoms with van der Waals surface area (Å²) in [5.74, 6) is 1.34. The zero-order valence-electron chi connectivity index (χ0n) is 19.3. The zero-order chi connectivity index (χ0) is 23.6. The number of allylic oxidation sites excluding steroid dienone is 1. The Labute approximate surface area is 198 Å². The highest BCUT2D eigenvalue weighted by Gasteiger charge is 2.34. The fourth-order valence-electron chi connectivity index (χ4n) is 3.75. The quantitative estimate of drug-likeness (QED) is 0.350. The van der Waals surface area contributed by atoms with Gasteiger partial charge in [-0.25, -0.2) is 19.9 Å². The van der Waals surface area contributed by atoms with Crippen LogP contribution in [0.25, 0.3) is 22.4 Å². The van der Waals surface area contributed by atoms with Crippen molar-refractivity contribution in [2.75, 3.05) is 11.1 Å². The Hall–Kier alpha value is -3.58. The molecule has 0 bridgehead atoms. The first-order chi connectivity index (χ1) is 15.8. The van der Waals surface area contributed by atoms with Crippen molar-refractivity contribution in [2.45, 2.75) is 33.1 Å². The molecule has 3 heterocycles. The van der Waals surface area contributed by atoms with Gasteiger partial charge in [0.25, 0.3) is 0 Å². The lowest BCUT2D eigenvalue weighted by Gasteiger charge is -2.37. The van der Waals surface area contributed by atoms with Gasteiger partial charge in [-0.3, -0.25) is 0 Å². The Morgan fingerprint density at radius 1 is 0.970 bits per heavy atom. The van der Waals surface area contributed by atoms with Crippen molar-refractivity contribution in [3.05, 3.63) is 83.2 Å². The van der Waals surface area contributed by atoms with E-state index in [1.54, 1.807) is 23.7 Å². The highest BCUT2D eigenvalue weighted by Crippen LogP contribution is 2.39. The molecular formula is C26H28N6S. The molecule has 0 aliphatic rings. The van der Waals surface area contributed by atoms with Gasteiger partial charge in [-0.1, -0.05) is 44.7 Å². The van der Waals surface area contributed by atoms with Crippen molar-refractivity contribution in [1.29, 1.82) is 0 Å². The van der Waals surface area contributed by atoms with Gasteiger partial charge in [-0.2, -0.15) is 0 Å². The third kappa shape index (κ3) is 4.64. The monoisotopic (exact) mass is 456 g/mol. The maximum Gasteiger partial charge on any atom is 0.219 e. The van der Waals surface area contributed by atoms with Crippen molar-refractivity contribution >= 4 is 23.1 Å². The van der Waals surface area contributed by atoms with Crippen LogP contribution in [0.3, 0.4) is 0 Å². The molecule has 0 radical (unpaired) electrons. The second kappa shape index (κ2) is 9.11. The third-order valence-electron chi connectivity index (χ3n) is 6.23. The van der Waals surface area contributed by atoms with E-state index in [-0.39, 0.29) is 11.4 Å². The first-order valence-electron chi connectivity index (χ1n) is 10.8. The number of benzene rings is 1. The Morgan fingerprint density at radius 3 is 2.15 bits per heavy atom. The van der Waals surface area contributed by atoms with Gasteiger partial charge in [0, 0.05) is 46.2 Å². The molecule has 0 saturated carbocycles. The lowest BCUT2D eigenvalue weighted by Crippen LogP contribution is -2.34. The molecule has 1 aromatic carbocycles. The van der Waals surface area contributed by atoms with Crippen LogP contribution in [0.5, 0.6) is 0 Å². The van der Waals surface area contributed by atoms with Crippen molar-refractivity contribution in [1.82, 2.24) is 19.9 Å². The minimum atomic E-state index is -0.303. The SMILES string of the molecule is C=C(Nc1ccc(-c2csc(C)n2)cn1)C(C)(c1ccc(-c2cnc(N)nc2)cc1)C(C)C. The second-order valence-electron chi connectivity index (χ2n) is 8.55. The van der Waals surface area contributed by atoms with Gasteiger partial charge in [0.1, 0.15) is 5.82 Å². The summed E-state index contributed by atoms with van der Waals surface area (Å²) in [6.45, 7) is 13.0. The van der Waals surface area contributed by atoms with E-state index in [9.17, 15) is 0 Å². The molecule has 0 saturated heterocycles. The van der Waals surface area contributed by atoms with E-state index in [2.05, 4.69) is 76.9 Å². The Morgan fingerprint density at radius 2 is 1.61 bits per heavy atom. The van der Waals surface area contributed by atoms with Crippen LogP contribution < -0.4 is 11.1 Å². The molecular weight excluding hydrogens is 428 g/mol. The molecule has 1 unspecified atom stereocenters. The summed E-state index contributed by atoms with van der Waals surface area (Å²) in [5, 5.41) is 6.54. The highest BCUT2D eigenvalue weighted by atomic mass is 32.1. The number of hydrogen-bond donors (Lipinski definition) is 2. The fourth-order valence-corrected chi connectivity index (χ4v) is 4.37. The van der Waals surface area contributed by atoms with Crippen molar-refractivity contribution in [2.24, 2.45) is 5.92 Å². The molecule has 33 heavy (non-hydrogen) atoms. The lowest BCUT2D eigenvalue weighted by molar-refractivity contribution is 0.400. The predicted octanol–water partition coefficient (Wildman–Crippen LogP) is 6.09. The molecule has 0 aliphatic carbocycles. The fraction of sp³-hybridized carbons (Fsp3) is 0.231. The molecule has 4 aromatic rings. The largest absolute Gasteiger partial charge is 0.368 e. The third-order valence-corrected chi connectivity index (χ3v) is 7.00. The van der Waals surface area contributed by atoms with Crippen LogP contribution in [0.2, 0.25) is 0 Å². The van der Waals surface area contributed by atoms with Gasteiger partial charge < -0.3 is 11.1 Å². The predicted molar refractivity (Wildman–Crippen MR) is 137 cm³/mol. The molecule has 0 aliphatic heterocycles. The molecule has 0 spiro atoms. The highest BCUT2D eigenvalue weighted by molar-refractivity contribution is 7.09. The Bertz CT molecular complexity index is 1240. The van der Waals surface area contributed by atoms with E-state index in [4.69, 9.17) is 5.73 Å². The van der Waals surface area contributed by atoms with Crippen molar-refractivity contribution in [3.63, 3.8) is 0 Å². The first kappa shape index (κ1) is 22.6. The number of aryl methyl sites for hydroxylation is 1. The van der Waals surface area contributed by atoms with E-state index in [1.807, 2.05) is 30.6 Å². The Balaban J connectivity index is 1.55. The van der Waals surface area contributed by atoms with E-state index < -0.39 is 0 Å². The van der Waals surface area contributed by atoms with Crippen LogP contribution >= 0.6 is 11.3 Å². The van der Waals surface area contributed by atoms with E-state index in [0.29, 0.717) is 5.92 Å². The van der Waals surface area contributed by atoms with Crippen molar-refractivity contribution < 1.29 is 0 Å². The smallest absolute Gasteiger partial charge is 0.219 e. The summed E-state index contributed by atoms with van der Waals surface area (Å²) < 4.78 is 0. The van der Waals surface area contributed by atoms with Crippen LogP contribution in [0, 0.1) is 12.8 Å². The van der Waals surface area contributed by atoms with E-state index in [1.165, 1.54) is 5.56 Å². The summed E-state index contributed by atoms with van der Waals surface area (Å²) in [6, 6.07) is 12.5. The minimum absolute atomic E-state index is 0.272. The van der Waals surface area contributed by atoms with Gasteiger partial charge in [-0.15, -0.1) is 11.3 Å². The molecule has 168 valence electrons. The van der Waals surface area contributed by atoms with Crippen LogP contribution in [0.4, 0.5) is 11.8 Å². The number of anilines is 2. The van der Waals surface area contributed by atoms with Gasteiger partial charge >= 0.3 is 0 Å². The van der Waals surface area contributed by atoms with Gasteiger partial charge in [-0.05, 0) is 43.0 Å². The number of thiazole rings is 1. The molecule has 7 heteroatoms. The second-order valence-corrected chi connectivity index (χ2v) is 9.61.